The van der Waals surface area contributed by atoms with E-state index in [0.29, 0.717) is 29.5 Å². The summed E-state index contributed by atoms with van der Waals surface area (Å²) in [6.45, 7) is 0. The largest absolute Gasteiger partial charge is 0.416 e. The fourth-order valence-corrected chi connectivity index (χ4v) is 5.03. The Balaban J connectivity index is 1.53. The van der Waals surface area contributed by atoms with Gasteiger partial charge in [-0.15, -0.1) is 10.2 Å². The molecule has 1 aromatic carbocycles. The second-order valence-electron chi connectivity index (χ2n) is 5.51. The molecular formula is C15H16N2O4S2. The van der Waals surface area contributed by atoms with Crippen molar-refractivity contribution in [3.63, 3.8) is 0 Å². The number of aromatic nitrogens is 2. The maximum absolute atomic E-state index is 12.0. The van der Waals surface area contributed by atoms with Crippen LogP contribution in [0, 0.1) is 5.92 Å². The highest BCUT2D eigenvalue weighted by Gasteiger charge is 2.29. The van der Waals surface area contributed by atoms with Gasteiger partial charge in [0.15, 0.2) is 15.6 Å². The van der Waals surface area contributed by atoms with E-state index in [0.717, 1.165) is 0 Å². The Bertz CT molecular complexity index is 787. The standard InChI is InChI=1S/C15H16N2O4S2/c18-13(12-4-2-1-3-5-12)9-22-15-17-16-14(21-15)8-11-6-7-23(19,20)10-11/h1-5,11H,6-10H2/t11-/m1/s1. The van der Waals surface area contributed by atoms with E-state index in [9.17, 15) is 13.2 Å². The normalized spacial score (nSPS) is 19.7. The van der Waals surface area contributed by atoms with Crippen molar-refractivity contribution in [1.82, 2.24) is 10.2 Å². The minimum absolute atomic E-state index is 0.00256. The monoisotopic (exact) mass is 352 g/mol. The number of ketones is 1. The number of benzene rings is 1. The molecule has 23 heavy (non-hydrogen) atoms. The zero-order chi connectivity index (χ0) is 16.3. The molecule has 0 saturated carbocycles. The maximum Gasteiger partial charge on any atom is 0.277 e. The maximum atomic E-state index is 12.0. The van der Waals surface area contributed by atoms with Gasteiger partial charge in [-0.3, -0.25) is 4.79 Å². The van der Waals surface area contributed by atoms with Crippen molar-refractivity contribution in [2.75, 3.05) is 17.3 Å². The van der Waals surface area contributed by atoms with Crippen LogP contribution in [0.15, 0.2) is 40.0 Å². The minimum atomic E-state index is -2.90. The van der Waals surface area contributed by atoms with Crippen LogP contribution in [-0.2, 0) is 16.3 Å². The van der Waals surface area contributed by atoms with E-state index in [4.69, 9.17) is 4.42 Å². The Kier molecular flexibility index (Phi) is 4.82. The first kappa shape index (κ1) is 16.2. The van der Waals surface area contributed by atoms with E-state index in [2.05, 4.69) is 10.2 Å². The van der Waals surface area contributed by atoms with Gasteiger partial charge in [0, 0.05) is 12.0 Å². The molecule has 8 heteroatoms. The van der Waals surface area contributed by atoms with Crippen molar-refractivity contribution in [3.8, 4) is 0 Å². The van der Waals surface area contributed by atoms with E-state index in [1.807, 2.05) is 18.2 Å². The van der Waals surface area contributed by atoms with Gasteiger partial charge in [0.25, 0.3) is 5.22 Å². The molecule has 6 nitrogen and oxygen atoms in total. The van der Waals surface area contributed by atoms with Crippen LogP contribution in [0.25, 0.3) is 0 Å². The van der Waals surface area contributed by atoms with Crippen molar-refractivity contribution >= 4 is 27.4 Å². The van der Waals surface area contributed by atoms with Crippen LogP contribution in [0.5, 0.6) is 0 Å². The molecule has 3 rings (SSSR count). The Morgan fingerprint density at radius 3 is 2.74 bits per heavy atom. The molecular weight excluding hydrogens is 336 g/mol. The predicted octanol–water partition coefficient (Wildman–Crippen LogP) is 2.02. The van der Waals surface area contributed by atoms with Gasteiger partial charge in [0.2, 0.25) is 5.89 Å². The van der Waals surface area contributed by atoms with Crippen LogP contribution >= 0.6 is 11.8 Å². The molecule has 1 aliphatic rings. The van der Waals surface area contributed by atoms with Gasteiger partial charge in [-0.05, 0) is 12.3 Å². The molecule has 1 saturated heterocycles. The van der Waals surface area contributed by atoms with Crippen LogP contribution in [0.2, 0.25) is 0 Å². The number of carbonyl (C=O) groups excluding carboxylic acids is 1. The molecule has 0 radical (unpaired) electrons. The second kappa shape index (κ2) is 6.84. The Morgan fingerprint density at radius 2 is 2.04 bits per heavy atom. The predicted molar refractivity (Wildman–Crippen MR) is 86.3 cm³/mol. The Hall–Kier alpha value is -1.67. The van der Waals surface area contributed by atoms with Crippen LogP contribution in [0.3, 0.4) is 0 Å². The molecule has 1 aliphatic heterocycles. The lowest BCUT2D eigenvalue weighted by atomic mass is 10.1. The van der Waals surface area contributed by atoms with Gasteiger partial charge in [0.1, 0.15) is 0 Å². The van der Waals surface area contributed by atoms with Gasteiger partial charge >= 0.3 is 0 Å². The summed E-state index contributed by atoms with van der Waals surface area (Å²) < 4.78 is 28.4. The average Bonchev–Trinajstić information content (AvgIpc) is 3.12. The molecule has 1 atom stereocenters. The number of carbonyl (C=O) groups is 1. The Morgan fingerprint density at radius 1 is 1.26 bits per heavy atom. The summed E-state index contributed by atoms with van der Waals surface area (Å²) in [4.78, 5) is 12.0. The number of nitrogens with zero attached hydrogens (tertiary/aromatic N) is 2. The lowest BCUT2D eigenvalue weighted by Crippen LogP contribution is -2.07. The minimum Gasteiger partial charge on any atom is -0.416 e. The average molecular weight is 352 g/mol. The number of Topliss-reactive ketones (excluding diaryl/α,β-unsaturated/α-hetero) is 1. The van der Waals surface area contributed by atoms with Gasteiger partial charge in [0.05, 0.1) is 17.3 Å². The van der Waals surface area contributed by atoms with Crippen LogP contribution < -0.4 is 0 Å². The number of hydrogen-bond acceptors (Lipinski definition) is 7. The first-order valence-corrected chi connectivity index (χ1v) is 10.1. The van der Waals surface area contributed by atoms with E-state index in [-0.39, 0.29) is 29.0 Å². The molecule has 2 heterocycles. The molecule has 0 amide bonds. The van der Waals surface area contributed by atoms with E-state index < -0.39 is 9.84 Å². The molecule has 2 aromatic rings. The quantitative estimate of drug-likeness (QED) is 0.580. The smallest absolute Gasteiger partial charge is 0.277 e. The summed E-state index contributed by atoms with van der Waals surface area (Å²) in [5, 5.41) is 8.18. The van der Waals surface area contributed by atoms with Crippen molar-refractivity contribution in [1.29, 1.82) is 0 Å². The molecule has 0 aliphatic carbocycles. The van der Waals surface area contributed by atoms with E-state index >= 15 is 0 Å². The molecule has 122 valence electrons. The third-order valence-corrected chi connectivity index (χ3v) is 6.32. The Labute approximate surface area is 138 Å². The lowest BCUT2D eigenvalue weighted by Gasteiger charge is -2.01. The van der Waals surface area contributed by atoms with Gasteiger partial charge < -0.3 is 4.42 Å². The highest BCUT2D eigenvalue weighted by atomic mass is 32.2. The van der Waals surface area contributed by atoms with Crippen LogP contribution in [0.1, 0.15) is 22.7 Å². The molecule has 0 unspecified atom stereocenters. The zero-order valence-corrected chi connectivity index (χ0v) is 14.0. The lowest BCUT2D eigenvalue weighted by molar-refractivity contribution is 0.102. The fourth-order valence-electron chi connectivity index (χ4n) is 2.49. The molecule has 0 spiro atoms. The molecule has 0 N–H and O–H groups in total. The first-order valence-electron chi connectivity index (χ1n) is 7.26. The number of sulfone groups is 1. The number of thioether (sulfide) groups is 1. The van der Waals surface area contributed by atoms with E-state index in [1.54, 1.807) is 12.1 Å². The van der Waals surface area contributed by atoms with Gasteiger partial charge in [-0.25, -0.2) is 8.42 Å². The van der Waals surface area contributed by atoms with Crippen molar-refractivity contribution in [2.45, 2.75) is 18.1 Å². The molecule has 0 bridgehead atoms. The van der Waals surface area contributed by atoms with Crippen LogP contribution in [-0.4, -0.2) is 41.7 Å². The summed E-state index contributed by atoms with van der Waals surface area (Å²) in [6, 6.07) is 9.03. The van der Waals surface area contributed by atoms with Gasteiger partial charge in [-0.2, -0.15) is 0 Å². The van der Waals surface area contributed by atoms with E-state index in [1.165, 1.54) is 11.8 Å². The summed E-state index contributed by atoms with van der Waals surface area (Å²) >= 11 is 1.19. The molecule has 1 fully saturated rings. The van der Waals surface area contributed by atoms with Crippen molar-refractivity contribution < 1.29 is 17.6 Å². The number of rotatable bonds is 6. The molecule has 1 aromatic heterocycles. The third-order valence-electron chi connectivity index (χ3n) is 3.66. The summed E-state index contributed by atoms with van der Waals surface area (Å²) in [6.07, 6.45) is 1.11. The van der Waals surface area contributed by atoms with Crippen molar-refractivity contribution in [3.05, 3.63) is 41.8 Å². The summed E-state index contributed by atoms with van der Waals surface area (Å²) in [7, 11) is -2.90. The number of hydrogen-bond donors (Lipinski definition) is 0. The van der Waals surface area contributed by atoms with Gasteiger partial charge in [-0.1, -0.05) is 42.1 Å². The summed E-state index contributed by atoms with van der Waals surface area (Å²) in [5.41, 5.74) is 0.649. The zero-order valence-electron chi connectivity index (χ0n) is 12.3. The van der Waals surface area contributed by atoms with Crippen molar-refractivity contribution in [2.24, 2.45) is 5.92 Å². The SMILES string of the molecule is O=C(CSc1nnc(C[C@H]2CCS(=O)(=O)C2)o1)c1ccccc1. The first-order chi connectivity index (χ1) is 11.0. The highest BCUT2D eigenvalue weighted by Crippen LogP contribution is 2.24. The third kappa shape index (κ3) is 4.42. The fraction of sp³-hybridized carbons (Fsp3) is 0.400. The highest BCUT2D eigenvalue weighted by molar-refractivity contribution is 7.99. The second-order valence-corrected chi connectivity index (χ2v) is 8.67. The topological polar surface area (TPSA) is 90.1 Å². The van der Waals surface area contributed by atoms with Crippen LogP contribution in [0.4, 0.5) is 0 Å². The summed E-state index contributed by atoms with van der Waals surface area (Å²) in [5.74, 6) is 1.12.